The highest BCUT2D eigenvalue weighted by atomic mass is 31.2. The highest BCUT2D eigenvalue weighted by Crippen LogP contribution is 2.43. The van der Waals surface area contributed by atoms with Gasteiger partial charge in [-0.05, 0) is 25.2 Å². The van der Waals surface area contributed by atoms with Gasteiger partial charge in [0.1, 0.15) is 19.8 Å². The van der Waals surface area contributed by atoms with Crippen molar-refractivity contribution in [2.75, 3.05) is 47.5 Å². The molecule has 1 rings (SSSR count). The summed E-state index contributed by atoms with van der Waals surface area (Å²) in [5.41, 5.74) is 0. The van der Waals surface area contributed by atoms with Gasteiger partial charge >= 0.3 is 19.8 Å². The Labute approximate surface area is 384 Å². The molecule has 63 heavy (non-hydrogen) atoms. The number of quaternary nitrogens is 1. The normalized spacial score (nSPS) is 20.1. The molecule has 1 aliphatic rings. The summed E-state index contributed by atoms with van der Waals surface area (Å²) in [5, 5.41) is 31.4. The molecule has 0 aromatic rings. The van der Waals surface area contributed by atoms with Crippen LogP contribution in [0.1, 0.15) is 200 Å². The van der Waals surface area contributed by atoms with E-state index in [4.69, 9.17) is 18.5 Å². The Bertz CT molecular complexity index is 1240. The van der Waals surface area contributed by atoms with Crippen LogP contribution in [-0.2, 0) is 32.7 Å². The third-order valence-corrected chi connectivity index (χ3v) is 13.1. The van der Waals surface area contributed by atoms with E-state index < -0.39 is 50.8 Å². The fourth-order valence-corrected chi connectivity index (χ4v) is 8.79. The van der Waals surface area contributed by atoms with Gasteiger partial charge < -0.3 is 34.2 Å². The van der Waals surface area contributed by atoms with Gasteiger partial charge in [0.25, 0.3) is 0 Å². The molecule has 0 heterocycles. The number of carbonyl (C=O) groups excluding carboxylic acids is 2. The number of aliphatic hydroxyl groups is 3. The van der Waals surface area contributed by atoms with Crippen LogP contribution < -0.4 is 0 Å². The van der Waals surface area contributed by atoms with Gasteiger partial charge in [-0.2, -0.15) is 0 Å². The van der Waals surface area contributed by atoms with Gasteiger partial charge in [0.15, 0.2) is 6.10 Å². The van der Waals surface area contributed by atoms with Crippen molar-refractivity contribution in [3.8, 4) is 0 Å². The van der Waals surface area contributed by atoms with Crippen LogP contribution in [0, 0.1) is 11.8 Å². The Morgan fingerprint density at radius 1 is 0.683 bits per heavy atom. The Morgan fingerprint density at radius 2 is 1.19 bits per heavy atom. The molecule has 0 bridgehead atoms. The average Bonchev–Trinajstić information content (AvgIpc) is 3.50. The lowest BCUT2D eigenvalue weighted by Crippen LogP contribution is -2.37. The predicted octanol–water partition coefficient (Wildman–Crippen LogP) is 11.1. The zero-order chi connectivity index (χ0) is 46.6. The quantitative estimate of drug-likeness (QED) is 0.0151. The van der Waals surface area contributed by atoms with Gasteiger partial charge in [-0.15, -0.1) is 0 Å². The topological polar surface area (TPSA) is 169 Å². The summed E-state index contributed by atoms with van der Waals surface area (Å²) >= 11 is 0. The number of likely N-dealkylation sites (N-methyl/N-ethyl adjacent to an activating group) is 1. The number of nitrogens with zero attached hydrogens (tertiary/aromatic N) is 1. The van der Waals surface area contributed by atoms with E-state index in [-0.39, 0.29) is 44.3 Å². The van der Waals surface area contributed by atoms with Crippen molar-refractivity contribution in [3.05, 3.63) is 24.3 Å². The number of esters is 2. The van der Waals surface area contributed by atoms with E-state index >= 15 is 0 Å². The number of carbonyl (C=O) groups is 2. The monoisotopic (exact) mass is 917 g/mol. The van der Waals surface area contributed by atoms with Crippen molar-refractivity contribution < 1.29 is 57.4 Å². The van der Waals surface area contributed by atoms with Crippen LogP contribution in [0.25, 0.3) is 0 Å². The number of aliphatic hydroxyl groups excluding tert-OH is 3. The second kappa shape index (κ2) is 37.5. The van der Waals surface area contributed by atoms with Crippen LogP contribution in [0.3, 0.4) is 0 Å². The predicted molar refractivity (Wildman–Crippen MR) is 254 cm³/mol. The fourth-order valence-electron chi connectivity index (χ4n) is 8.05. The summed E-state index contributed by atoms with van der Waals surface area (Å²) in [6.45, 7) is 3.98. The van der Waals surface area contributed by atoms with E-state index in [0.29, 0.717) is 30.3 Å². The molecule has 1 fully saturated rings. The third-order valence-electron chi connectivity index (χ3n) is 12.1. The summed E-state index contributed by atoms with van der Waals surface area (Å²) < 4.78 is 34.3. The third kappa shape index (κ3) is 34.4. The van der Waals surface area contributed by atoms with Crippen LogP contribution in [0.15, 0.2) is 24.3 Å². The van der Waals surface area contributed by atoms with Gasteiger partial charge in [0, 0.05) is 18.8 Å². The fraction of sp³-hybridized carbons (Fsp3) is 0.880. The molecule has 0 aliphatic heterocycles. The maximum atomic E-state index is 12.8. The van der Waals surface area contributed by atoms with E-state index in [2.05, 4.69) is 13.8 Å². The smallest absolute Gasteiger partial charge is 0.461 e. The van der Waals surface area contributed by atoms with Gasteiger partial charge in [-0.1, -0.05) is 186 Å². The summed E-state index contributed by atoms with van der Waals surface area (Å²) in [5.74, 6) is -1.68. The van der Waals surface area contributed by atoms with Crippen molar-refractivity contribution in [3.63, 3.8) is 0 Å². The zero-order valence-electron chi connectivity index (χ0n) is 40.6. The van der Waals surface area contributed by atoms with Gasteiger partial charge in [-0.3, -0.25) is 18.6 Å². The molecule has 0 aromatic carbocycles. The lowest BCUT2D eigenvalue weighted by Gasteiger charge is -2.24. The van der Waals surface area contributed by atoms with Crippen molar-refractivity contribution in [2.24, 2.45) is 11.8 Å². The van der Waals surface area contributed by atoms with Crippen LogP contribution >= 0.6 is 7.82 Å². The molecule has 0 spiro atoms. The molecule has 13 heteroatoms. The van der Waals surface area contributed by atoms with Crippen LogP contribution in [-0.4, -0.2) is 109 Å². The standard InChI is InChI=1S/C50H94NO11P/c1-6-8-10-11-12-13-14-15-16-17-18-19-20-21-22-23-24-25-26-27-29-35-50(56)62-44(42-61-63(57,58)60-39-38-51(3,4)5)41-59-49(55)34-31-30-33-45-46(48(54)40-47(45)53)37-36-43(52)32-28-9-7-2/h30-31,36-37,43-48,52-54H,6-29,32-35,38-42H2,1-5H3/p+1/b31-30-,37-36+/t43-,44-,45+,46-,47+,48-/m1/s1. The van der Waals surface area contributed by atoms with E-state index in [0.717, 1.165) is 38.5 Å². The molecule has 0 radical (unpaired) electrons. The molecular weight excluding hydrogens is 822 g/mol. The number of hydrogen-bond donors (Lipinski definition) is 4. The molecule has 1 aliphatic carbocycles. The largest absolute Gasteiger partial charge is 0.472 e. The van der Waals surface area contributed by atoms with Crippen molar-refractivity contribution in [1.29, 1.82) is 0 Å². The van der Waals surface area contributed by atoms with Gasteiger partial charge in [0.05, 0.1) is 52.5 Å². The van der Waals surface area contributed by atoms with E-state index in [1.807, 2.05) is 21.1 Å². The summed E-state index contributed by atoms with van der Waals surface area (Å²) in [6, 6.07) is 0. The molecular formula is C50H95NO11P+. The highest BCUT2D eigenvalue weighted by Gasteiger charge is 2.39. The second-order valence-electron chi connectivity index (χ2n) is 19.2. The van der Waals surface area contributed by atoms with Crippen molar-refractivity contribution >= 4 is 19.8 Å². The summed E-state index contributed by atoms with van der Waals surface area (Å²) in [6.07, 6.45) is 35.0. The lowest BCUT2D eigenvalue weighted by atomic mass is 9.89. The molecule has 0 saturated heterocycles. The SMILES string of the molecule is CCCCCCCCCCCCCCCCCCCCCCCC(=O)O[C@H](COC(=O)C/C=C\C[C@H]1[C@@H](/C=C/[C@H](O)CCCCC)[C@H](O)C[C@@H]1O)COP(=O)(O)OCC[N+](C)(C)C. The molecule has 1 unspecified atom stereocenters. The number of phosphoric ester groups is 1. The maximum Gasteiger partial charge on any atom is 0.472 e. The van der Waals surface area contributed by atoms with Crippen molar-refractivity contribution in [2.45, 2.75) is 224 Å². The maximum absolute atomic E-state index is 12.8. The lowest BCUT2D eigenvalue weighted by molar-refractivity contribution is -0.870. The summed E-state index contributed by atoms with van der Waals surface area (Å²) in [7, 11) is 1.31. The first-order valence-corrected chi connectivity index (χ1v) is 26.8. The molecule has 12 nitrogen and oxygen atoms in total. The first kappa shape index (κ1) is 59.4. The van der Waals surface area contributed by atoms with Crippen molar-refractivity contribution in [1.82, 2.24) is 0 Å². The van der Waals surface area contributed by atoms with E-state index in [9.17, 15) is 34.4 Å². The Balaban J connectivity index is 2.42. The number of hydrogen-bond acceptors (Lipinski definition) is 10. The number of ether oxygens (including phenoxy) is 2. The molecule has 4 N–H and O–H groups in total. The molecule has 1 saturated carbocycles. The average molecular weight is 917 g/mol. The number of unbranched alkanes of at least 4 members (excludes halogenated alkanes) is 22. The summed E-state index contributed by atoms with van der Waals surface area (Å²) in [4.78, 5) is 35.8. The molecule has 0 aromatic heterocycles. The minimum Gasteiger partial charge on any atom is -0.461 e. The van der Waals surface area contributed by atoms with Crippen LogP contribution in [0.4, 0.5) is 0 Å². The Morgan fingerprint density at radius 3 is 1.71 bits per heavy atom. The van der Waals surface area contributed by atoms with Gasteiger partial charge in [-0.25, -0.2) is 4.57 Å². The van der Waals surface area contributed by atoms with Crippen LogP contribution in [0.5, 0.6) is 0 Å². The first-order chi connectivity index (χ1) is 30.2. The van der Waals surface area contributed by atoms with E-state index in [1.54, 1.807) is 24.3 Å². The van der Waals surface area contributed by atoms with Gasteiger partial charge in [0.2, 0.25) is 0 Å². The second-order valence-corrected chi connectivity index (χ2v) is 20.7. The number of rotatable bonds is 42. The van der Waals surface area contributed by atoms with E-state index in [1.165, 1.54) is 109 Å². The zero-order valence-corrected chi connectivity index (χ0v) is 41.5. The minimum atomic E-state index is -4.46. The minimum absolute atomic E-state index is 0.0165. The molecule has 0 amide bonds. The number of allylic oxidation sites excluding steroid dienone is 1. The number of phosphoric acid groups is 1. The Kier molecular flexibility index (Phi) is 35.3. The highest BCUT2D eigenvalue weighted by molar-refractivity contribution is 7.47. The van der Waals surface area contributed by atoms with Crippen LogP contribution in [0.2, 0.25) is 0 Å². The first-order valence-electron chi connectivity index (χ1n) is 25.3. The molecule has 370 valence electrons. The molecule has 7 atom stereocenters. The Hall–Kier alpha value is -1.63.